The fourth-order valence-electron chi connectivity index (χ4n) is 4.09. The Bertz CT molecular complexity index is 1110. The number of aliphatic hydroxyl groups is 2. The highest BCUT2D eigenvalue weighted by molar-refractivity contribution is 9.10. The third kappa shape index (κ3) is 4.28. The molecule has 5 nitrogen and oxygen atoms in total. The number of hydrogen-bond acceptors (Lipinski definition) is 4. The molecule has 2 unspecified atom stereocenters. The first-order valence-corrected chi connectivity index (χ1v) is 11.1. The third-order valence-electron chi connectivity index (χ3n) is 5.78. The average molecular weight is 500 g/mol. The van der Waals surface area contributed by atoms with E-state index in [1.54, 1.807) is 13.0 Å². The van der Waals surface area contributed by atoms with Crippen LogP contribution in [0.1, 0.15) is 34.3 Å². The molecule has 3 aromatic carbocycles. The van der Waals surface area contributed by atoms with Crippen molar-refractivity contribution in [1.82, 2.24) is 5.32 Å². The lowest BCUT2D eigenvalue weighted by Crippen LogP contribution is -2.36. The van der Waals surface area contributed by atoms with E-state index in [1.807, 2.05) is 36.4 Å². The van der Waals surface area contributed by atoms with E-state index in [9.17, 15) is 19.4 Å². The number of halogens is 2. The van der Waals surface area contributed by atoms with Gasteiger partial charge in [-0.05, 0) is 40.8 Å². The van der Waals surface area contributed by atoms with Crippen LogP contribution in [0.2, 0.25) is 0 Å². The molecule has 4 rings (SSSR count). The summed E-state index contributed by atoms with van der Waals surface area (Å²) in [5.74, 6) is -0.726. The number of fused-ring (bicyclic) bond motifs is 3. The Morgan fingerprint density at radius 1 is 1.06 bits per heavy atom. The standard InChI is InChI=1S/C25H23BrFNO4/c1-14-10-11-20(27)22(23(14)26)24(30)21(29)12-28-25(31)32-13-19-17-8-4-2-6-15(17)16-7-3-5-9-18(16)19/h2-11,19,21,24,29-30H,12-13H2,1H3,(H,28,31). The molecule has 0 radical (unpaired) electrons. The number of carbonyl (C=O) groups is 1. The van der Waals surface area contributed by atoms with E-state index < -0.39 is 24.1 Å². The maximum absolute atomic E-state index is 14.2. The Balaban J connectivity index is 1.37. The quantitative estimate of drug-likeness (QED) is 0.453. The van der Waals surface area contributed by atoms with E-state index in [2.05, 4.69) is 33.4 Å². The summed E-state index contributed by atoms with van der Waals surface area (Å²) in [7, 11) is 0. The Morgan fingerprint density at radius 2 is 1.66 bits per heavy atom. The third-order valence-corrected chi connectivity index (χ3v) is 6.83. The van der Waals surface area contributed by atoms with Gasteiger partial charge in [-0.1, -0.05) is 70.5 Å². The van der Waals surface area contributed by atoms with Crippen LogP contribution >= 0.6 is 15.9 Å². The van der Waals surface area contributed by atoms with Crippen LogP contribution < -0.4 is 5.32 Å². The molecule has 1 aliphatic rings. The molecule has 0 saturated carbocycles. The van der Waals surface area contributed by atoms with E-state index in [0.29, 0.717) is 4.47 Å². The molecule has 0 spiro atoms. The normalized spacial score (nSPS) is 14.4. The second-order valence-electron chi connectivity index (χ2n) is 7.81. The van der Waals surface area contributed by atoms with Crippen molar-refractivity contribution in [2.24, 2.45) is 0 Å². The van der Waals surface area contributed by atoms with Gasteiger partial charge in [0.25, 0.3) is 0 Å². The van der Waals surface area contributed by atoms with Gasteiger partial charge >= 0.3 is 6.09 Å². The summed E-state index contributed by atoms with van der Waals surface area (Å²) >= 11 is 3.25. The first-order chi connectivity index (χ1) is 15.4. The Morgan fingerprint density at radius 3 is 2.28 bits per heavy atom. The molecule has 1 amide bonds. The van der Waals surface area contributed by atoms with Crippen molar-refractivity contribution in [2.45, 2.75) is 25.0 Å². The van der Waals surface area contributed by atoms with Crippen molar-refractivity contribution in [3.8, 4) is 11.1 Å². The van der Waals surface area contributed by atoms with Crippen LogP contribution in [-0.2, 0) is 4.74 Å². The van der Waals surface area contributed by atoms with Crippen LogP contribution in [0.4, 0.5) is 9.18 Å². The van der Waals surface area contributed by atoms with Crippen molar-refractivity contribution >= 4 is 22.0 Å². The molecule has 0 saturated heterocycles. The lowest BCUT2D eigenvalue weighted by molar-refractivity contribution is 0.0161. The van der Waals surface area contributed by atoms with Crippen LogP contribution in [0.25, 0.3) is 11.1 Å². The van der Waals surface area contributed by atoms with Gasteiger partial charge < -0.3 is 20.3 Å². The second-order valence-corrected chi connectivity index (χ2v) is 8.60. The molecule has 0 fully saturated rings. The smallest absolute Gasteiger partial charge is 0.407 e. The van der Waals surface area contributed by atoms with Crippen LogP contribution in [0.3, 0.4) is 0 Å². The Labute approximate surface area is 194 Å². The minimum Gasteiger partial charge on any atom is -0.449 e. The SMILES string of the molecule is Cc1ccc(F)c(C(O)C(O)CNC(=O)OCC2c3ccccc3-c3ccccc32)c1Br. The zero-order valence-electron chi connectivity index (χ0n) is 17.4. The molecule has 2 atom stereocenters. The number of alkyl carbamates (subject to hydrolysis) is 1. The van der Waals surface area contributed by atoms with Gasteiger partial charge in [0, 0.05) is 22.5 Å². The number of ether oxygens (including phenoxy) is 1. The van der Waals surface area contributed by atoms with Crippen molar-refractivity contribution in [3.05, 3.63) is 93.2 Å². The fraction of sp³-hybridized carbons (Fsp3) is 0.240. The number of benzene rings is 3. The van der Waals surface area contributed by atoms with Gasteiger partial charge in [-0.25, -0.2) is 9.18 Å². The maximum Gasteiger partial charge on any atom is 0.407 e. The lowest BCUT2D eigenvalue weighted by Gasteiger charge is -2.21. The lowest BCUT2D eigenvalue weighted by atomic mass is 9.98. The van der Waals surface area contributed by atoms with E-state index in [0.717, 1.165) is 27.8 Å². The monoisotopic (exact) mass is 499 g/mol. The van der Waals surface area contributed by atoms with E-state index >= 15 is 0 Å². The number of amides is 1. The molecule has 0 heterocycles. The molecular weight excluding hydrogens is 477 g/mol. The van der Waals surface area contributed by atoms with E-state index in [-0.39, 0.29) is 24.6 Å². The molecular formula is C25H23BrFNO4. The Hall–Kier alpha value is -2.74. The van der Waals surface area contributed by atoms with Crippen molar-refractivity contribution in [2.75, 3.05) is 13.2 Å². The molecule has 3 aromatic rings. The largest absolute Gasteiger partial charge is 0.449 e. The highest BCUT2D eigenvalue weighted by Crippen LogP contribution is 2.44. The topological polar surface area (TPSA) is 78.8 Å². The minimum absolute atomic E-state index is 0.0492. The van der Waals surface area contributed by atoms with Crippen molar-refractivity contribution in [1.29, 1.82) is 0 Å². The van der Waals surface area contributed by atoms with Crippen molar-refractivity contribution in [3.63, 3.8) is 0 Å². The molecule has 32 heavy (non-hydrogen) atoms. The van der Waals surface area contributed by atoms with Gasteiger partial charge in [0.05, 0.1) is 0 Å². The molecule has 0 bridgehead atoms. The number of rotatable bonds is 6. The van der Waals surface area contributed by atoms with Gasteiger partial charge in [0.15, 0.2) is 0 Å². The zero-order valence-corrected chi connectivity index (χ0v) is 19.0. The Kier molecular flexibility index (Phi) is 6.60. The first-order valence-electron chi connectivity index (χ1n) is 10.3. The maximum atomic E-state index is 14.2. The molecule has 0 aromatic heterocycles. The van der Waals surface area contributed by atoms with E-state index in [4.69, 9.17) is 4.74 Å². The molecule has 3 N–H and O–H groups in total. The van der Waals surface area contributed by atoms with Gasteiger partial charge in [-0.2, -0.15) is 0 Å². The van der Waals surface area contributed by atoms with Crippen LogP contribution in [0, 0.1) is 12.7 Å². The predicted molar refractivity (Wildman–Crippen MR) is 123 cm³/mol. The number of nitrogens with one attached hydrogen (secondary N) is 1. The fourth-order valence-corrected chi connectivity index (χ4v) is 4.65. The highest BCUT2D eigenvalue weighted by atomic mass is 79.9. The number of aryl methyl sites for hydroxylation is 1. The average Bonchev–Trinajstić information content (AvgIpc) is 3.12. The summed E-state index contributed by atoms with van der Waals surface area (Å²) in [6.45, 7) is 1.59. The predicted octanol–water partition coefficient (Wildman–Crippen LogP) is 4.83. The molecule has 1 aliphatic carbocycles. The summed E-state index contributed by atoms with van der Waals surface area (Å²) in [5, 5.41) is 23.1. The van der Waals surface area contributed by atoms with E-state index in [1.165, 1.54) is 6.07 Å². The minimum atomic E-state index is -1.52. The van der Waals surface area contributed by atoms with Crippen LogP contribution in [0.5, 0.6) is 0 Å². The molecule has 166 valence electrons. The summed E-state index contributed by atoms with van der Waals surface area (Å²) < 4.78 is 20.0. The van der Waals surface area contributed by atoms with Gasteiger partial charge in [0.2, 0.25) is 0 Å². The number of aliphatic hydroxyl groups excluding tert-OH is 2. The van der Waals surface area contributed by atoms with Gasteiger partial charge in [-0.15, -0.1) is 0 Å². The number of hydrogen-bond donors (Lipinski definition) is 3. The second kappa shape index (κ2) is 9.40. The molecule has 7 heteroatoms. The first kappa shape index (κ1) is 22.5. The summed E-state index contributed by atoms with van der Waals surface area (Å²) in [6.07, 6.45) is -3.65. The van der Waals surface area contributed by atoms with Crippen LogP contribution in [0.15, 0.2) is 65.1 Å². The highest BCUT2D eigenvalue weighted by Gasteiger charge is 2.29. The zero-order chi connectivity index (χ0) is 22.8. The summed E-state index contributed by atoms with van der Waals surface area (Å²) in [6, 6.07) is 18.8. The van der Waals surface area contributed by atoms with Crippen LogP contribution in [-0.4, -0.2) is 35.6 Å². The molecule has 0 aliphatic heterocycles. The van der Waals surface area contributed by atoms with Gasteiger partial charge in [0.1, 0.15) is 24.6 Å². The number of carbonyl (C=O) groups excluding carboxylic acids is 1. The van der Waals surface area contributed by atoms with Crippen molar-refractivity contribution < 1.29 is 24.1 Å². The summed E-state index contributed by atoms with van der Waals surface area (Å²) in [5.41, 5.74) is 5.11. The summed E-state index contributed by atoms with van der Waals surface area (Å²) in [4.78, 5) is 12.3. The van der Waals surface area contributed by atoms with Gasteiger partial charge in [-0.3, -0.25) is 0 Å².